The number of nitrogens with two attached hydrogens (primary N) is 1. The molecule has 1 aliphatic carbocycles. The zero-order chi connectivity index (χ0) is 13.1. The fourth-order valence-corrected chi connectivity index (χ4v) is 4.19. The minimum absolute atomic E-state index is 0.425. The van der Waals surface area contributed by atoms with Crippen molar-refractivity contribution in [2.75, 3.05) is 13.1 Å². The molecule has 0 amide bonds. The van der Waals surface area contributed by atoms with E-state index in [2.05, 4.69) is 35.2 Å². The number of rotatable bonds is 4. The molecule has 0 spiro atoms. The van der Waals surface area contributed by atoms with E-state index in [-0.39, 0.29) is 0 Å². The van der Waals surface area contributed by atoms with Crippen LogP contribution >= 0.6 is 0 Å². The number of benzene rings is 1. The Morgan fingerprint density at radius 3 is 2.47 bits per heavy atom. The van der Waals surface area contributed by atoms with Crippen molar-refractivity contribution in [2.24, 2.45) is 11.7 Å². The van der Waals surface area contributed by atoms with Crippen LogP contribution in [0.3, 0.4) is 0 Å². The van der Waals surface area contributed by atoms with Gasteiger partial charge in [0.1, 0.15) is 0 Å². The van der Waals surface area contributed by atoms with Crippen LogP contribution in [0.4, 0.5) is 0 Å². The highest BCUT2D eigenvalue weighted by atomic mass is 15.2. The molecule has 1 aliphatic heterocycles. The molecule has 2 aliphatic rings. The van der Waals surface area contributed by atoms with E-state index in [1.54, 1.807) is 0 Å². The predicted octanol–water partition coefficient (Wildman–Crippen LogP) is 3.34. The average molecular weight is 258 g/mol. The minimum atomic E-state index is 0.425. The molecule has 104 valence electrons. The highest BCUT2D eigenvalue weighted by molar-refractivity contribution is 5.20. The van der Waals surface area contributed by atoms with Crippen LogP contribution in [0.25, 0.3) is 0 Å². The highest BCUT2D eigenvalue weighted by Gasteiger charge is 2.36. The van der Waals surface area contributed by atoms with Crippen LogP contribution in [-0.2, 0) is 0 Å². The lowest BCUT2D eigenvalue weighted by Crippen LogP contribution is -2.40. The van der Waals surface area contributed by atoms with E-state index in [0.717, 1.165) is 18.5 Å². The molecule has 0 bridgehead atoms. The van der Waals surface area contributed by atoms with Crippen LogP contribution in [0.15, 0.2) is 30.3 Å². The van der Waals surface area contributed by atoms with E-state index in [1.807, 2.05) is 0 Å². The lowest BCUT2D eigenvalue weighted by atomic mass is 9.94. The molecule has 2 atom stereocenters. The first-order valence-electron chi connectivity index (χ1n) is 7.91. The first-order chi connectivity index (χ1) is 9.40. The molecule has 0 aromatic heterocycles. The first kappa shape index (κ1) is 13.1. The van der Waals surface area contributed by atoms with Crippen molar-refractivity contribution in [1.82, 2.24) is 4.90 Å². The number of likely N-dealkylation sites (tertiary alicyclic amines) is 1. The van der Waals surface area contributed by atoms with E-state index < -0.39 is 0 Å². The summed E-state index contributed by atoms with van der Waals surface area (Å²) < 4.78 is 0. The molecule has 0 radical (unpaired) electrons. The molecule has 2 fully saturated rings. The summed E-state index contributed by atoms with van der Waals surface area (Å²) in [5, 5.41) is 0. The highest BCUT2D eigenvalue weighted by Crippen LogP contribution is 2.39. The molecule has 1 saturated carbocycles. The van der Waals surface area contributed by atoms with Gasteiger partial charge in [0, 0.05) is 18.6 Å². The van der Waals surface area contributed by atoms with Gasteiger partial charge >= 0.3 is 0 Å². The summed E-state index contributed by atoms with van der Waals surface area (Å²) in [6.07, 6.45) is 8.49. The van der Waals surface area contributed by atoms with Crippen molar-refractivity contribution in [3.63, 3.8) is 0 Å². The molecule has 2 unspecified atom stereocenters. The van der Waals surface area contributed by atoms with Crippen LogP contribution in [0.5, 0.6) is 0 Å². The van der Waals surface area contributed by atoms with Gasteiger partial charge in [0.05, 0.1) is 0 Å². The van der Waals surface area contributed by atoms with Crippen molar-refractivity contribution in [2.45, 2.75) is 50.6 Å². The van der Waals surface area contributed by atoms with E-state index in [9.17, 15) is 0 Å². The van der Waals surface area contributed by atoms with E-state index >= 15 is 0 Å². The van der Waals surface area contributed by atoms with Crippen molar-refractivity contribution >= 4 is 0 Å². The van der Waals surface area contributed by atoms with Crippen LogP contribution in [0.2, 0.25) is 0 Å². The molecule has 3 rings (SSSR count). The quantitative estimate of drug-likeness (QED) is 0.897. The maximum absolute atomic E-state index is 6.10. The smallest absolute Gasteiger partial charge is 0.0473 e. The molecule has 2 heteroatoms. The lowest BCUT2D eigenvalue weighted by molar-refractivity contribution is 0.138. The summed E-state index contributed by atoms with van der Waals surface area (Å²) in [5.41, 5.74) is 7.50. The summed E-state index contributed by atoms with van der Waals surface area (Å²) in [7, 11) is 0. The monoisotopic (exact) mass is 258 g/mol. The summed E-state index contributed by atoms with van der Waals surface area (Å²) in [4.78, 5) is 2.71. The van der Waals surface area contributed by atoms with Crippen LogP contribution in [0, 0.1) is 5.92 Å². The molecule has 1 heterocycles. The zero-order valence-electron chi connectivity index (χ0n) is 11.8. The van der Waals surface area contributed by atoms with Crippen molar-refractivity contribution < 1.29 is 0 Å². The molecule has 1 aromatic carbocycles. The molecule has 19 heavy (non-hydrogen) atoms. The van der Waals surface area contributed by atoms with Gasteiger partial charge in [0.15, 0.2) is 0 Å². The van der Waals surface area contributed by atoms with E-state index in [1.165, 1.54) is 50.6 Å². The zero-order valence-corrected chi connectivity index (χ0v) is 11.8. The average Bonchev–Trinajstić information content (AvgIpc) is 3.11. The molecule has 1 saturated heterocycles. The summed E-state index contributed by atoms with van der Waals surface area (Å²) in [6, 6.07) is 12.1. The molecule has 2 nitrogen and oxygen atoms in total. The van der Waals surface area contributed by atoms with Gasteiger partial charge in [-0.3, -0.25) is 4.90 Å². The Bertz CT molecular complexity index is 384. The molecular weight excluding hydrogens is 232 g/mol. The van der Waals surface area contributed by atoms with Crippen molar-refractivity contribution in [3.8, 4) is 0 Å². The number of nitrogens with zero attached hydrogens (tertiary/aromatic N) is 1. The Morgan fingerprint density at radius 2 is 1.79 bits per heavy atom. The van der Waals surface area contributed by atoms with E-state index in [4.69, 9.17) is 5.73 Å². The van der Waals surface area contributed by atoms with Gasteiger partial charge in [-0.15, -0.1) is 0 Å². The Labute approximate surface area is 117 Å². The van der Waals surface area contributed by atoms with Gasteiger partial charge < -0.3 is 5.73 Å². The third kappa shape index (κ3) is 2.70. The third-order valence-corrected chi connectivity index (χ3v) is 5.09. The molecule has 1 aromatic rings. The Balaban J connectivity index is 1.78. The van der Waals surface area contributed by atoms with Gasteiger partial charge in [-0.05, 0) is 43.7 Å². The Morgan fingerprint density at radius 1 is 1.05 bits per heavy atom. The second kappa shape index (κ2) is 6.06. The Kier molecular flexibility index (Phi) is 4.19. The van der Waals surface area contributed by atoms with Crippen molar-refractivity contribution in [3.05, 3.63) is 35.9 Å². The predicted molar refractivity (Wildman–Crippen MR) is 79.9 cm³/mol. The summed E-state index contributed by atoms with van der Waals surface area (Å²) in [6.45, 7) is 1.98. The SMILES string of the molecule is NCC(c1ccccc1)N1CCCC1C1CCCC1. The second-order valence-electron chi connectivity index (χ2n) is 6.15. The topological polar surface area (TPSA) is 29.3 Å². The first-order valence-corrected chi connectivity index (χ1v) is 7.91. The Hall–Kier alpha value is -0.860. The maximum atomic E-state index is 6.10. The van der Waals surface area contributed by atoms with Crippen LogP contribution in [0.1, 0.15) is 50.1 Å². The number of hydrogen-bond acceptors (Lipinski definition) is 2. The fourth-order valence-electron chi connectivity index (χ4n) is 4.19. The summed E-state index contributed by atoms with van der Waals surface area (Å²) >= 11 is 0. The van der Waals surface area contributed by atoms with Crippen molar-refractivity contribution in [1.29, 1.82) is 0 Å². The summed E-state index contributed by atoms with van der Waals surface area (Å²) in [5.74, 6) is 0.931. The van der Waals surface area contributed by atoms with Crippen LogP contribution in [-0.4, -0.2) is 24.0 Å². The number of hydrogen-bond donors (Lipinski definition) is 1. The van der Waals surface area contributed by atoms with Gasteiger partial charge in [0.2, 0.25) is 0 Å². The standard InChI is InChI=1S/C17H26N2/c18-13-17(15-7-2-1-3-8-15)19-12-6-11-16(19)14-9-4-5-10-14/h1-3,7-8,14,16-17H,4-6,9-13,18H2. The van der Waals surface area contributed by atoms with E-state index in [0.29, 0.717) is 6.04 Å². The third-order valence-electron chi connectivity index (χ3n) is 5.09. The molecular formula is C17H26N2. The van der Waals surface area contributed by atoms with Gasteiger partial charge in [-0.1, -0.05) is 43.2 Å². The maximum Gasteiger partial charge on any atom is 0.0473 e. The second-order valence-corrected chi connectivity index (χ2v) is 6.15. The van der Waals surface area contributed by atoms with Gasteiger partial charge in [-0.2, -0.15) is 0 Å². The fraction of sp³-hybridized carbons (Fsp3) is 0.647. The van der Waals surface area contributed by atoms with Gasteiger partial charge in [-0.25, -0.2) is 0 Å². The normalized spacial score (nSPS) is 26.9. The minimum Gasteiger partial charge on any atom is -0.329 e. The van der Waals surface area contributed by atoms with Crippen LogP contribution < -0.4 is 5.73 Å². The lowest BCUT2D eigenvalue weighted by Gasteiger charge is -2.36. The van der Waals surface area contributed by atoms with Gasteiger partial charge in [0.25, 0.3) is 0 Å². The largest absolute Gasteiger partial charge is 0.329 e. The molecule has 2 N–H and O–H groups in total.